The Morgan fingerprint density at radius 2 is 0.939 bits per heavy atom. The highest BCUT2D eigenvalue weighted by Crippen LogP contribution is 2.29. The van der Waals surface area contributed by atoms with Gasteiger partial charge < -0.3 is 22.1 Å². The number of benzene rings is 4. The molecule has 6 heteroatoms. The van der Waals surface area contributed by atoms with E-state index in [9.17, 15) is 0 Å². The Morgan fingerprint density at radius 3 is 1.30 bits per heavy atom. The number of anilines is 6. The van der Waals surface area contributed by atoms with E-state index in [1.54, 1.807) is 12.1 Å². The standard InChI is InChI=1S/C27H26Cl2N4/c28-24-16-20(30)8-14-26(24)32-22-10-4-18(5-11-22)2-1-3-19-6-12-23(13-7-19)33-27-15-9-21(31)17-25(27)29/h4-17,32-33H,1-3,30-31H2. The summed E-state index contributed by atoms with van der Waals surface area (Å²) in [7, 11) is 0. The van der Waals surface area contributed by atoms with Gasteiger partial charge in [-0.05, 0) is 91.1 Å². The topological polar surface area (TPSA) is 76.1 Å². The third kappa shape index (κ3) is 6.35. The summed E-state index contributed by atoms with van der Waals surface area (Å²) in [6.45, 7) is 0. The zero-order valence-corrected chi connectivity index (χ0v) is 19.6. The molecule has 0 fully saturated rings. The van der Waals surface area contributed by atoms with Gasteiger partial charge in [0.25, 0.3) is 0 Å². The van der Waals surface area contributed by atoms with Crippen molar-refractivity contribution in [3.8, 4) is 0 Å². The lowest BCUT2D eigenvalue weighted by Gasteiger charge is -2.11. The first-order valence-electron chi connectivity index (χ1n) is 10.8. The number of rotatable bonds is 8. The van der Waals surface area contributed by atoms with E-state index >= 15 is 0 Å². The molecule has 4 aromatic carbocycles. The van der Waals surface area contributed by atoms with Crippen molar-refractivity contribution in [3.05, 3.63) is 106 Å². The van der Waals surface area contributed by atoms with Crippen molar-refractivity contribution < 1.29 is 0 Å². The molecule has 0 unspecified atom stereocenters. The van der Waals surface area contributed by atoms with Crippen LogP contribution < -0.4 is 22.1 Å². The van der Waals surface area contributed by atoms with Gasteiger partial charge in [0, 0.05) is 22.7 Å². The minimum absolute atomic E-state index is 0.608. The number of nitrogens with two attached hydrogens (primary N) is 2. The van der Waals surface area contributed by atoms with Crippen LogP contribution in [0.5, 0.6) is 0 Å². The summed E-state index contributed by atoms with van der Waals surface area (Å²) >= 11 is 12.5. The molecule has 6 N–H and O–H groups in total. The van der Waals surface area contributed by atoms with Gasteiger partial charge in [0.05, 0.1) is 21.4 Å². The number of halogens is 2. The number of nitrogens with one attached hydrogen (secondary N) is 2. The molecule has 0 bridgehead atoms. The smallest absolute Gasteiger partial charge is 0.0661 e. The van der Waals surface area contributed by atoms with Gasteiger partial charge in [0.15, 0.2) is 0 Å². The molecule has 168 valence electrons. The summed E-state index contributed by atoms with van der Waals surface area (Å²) in [6, 6.07) is 27.8. The Bertz CT molecular complexity index is 1130. The second-order valence-corrected chi connectivity index (χ2v) is 8.79. The van der Waals surface area contributed by atoms with Crippen molar-refractivity contribution in [1.29, 1.82) is 0 Å². The molecule has 0 amide bonds. The van der Waals surface area contributed by atoms with Crippen molar-refractivity contribution in [2.75, 3.05) is 22.1 Å². The molecule has 0 saturated heterocycles. The van der Waals surface area contributed by atoms with Crippen LogP contribution in [0.1, 0.15) is 17.5 Å². The lowest BCUT2D eigenvalue weighted by molar-refractivity contribution is 0.821. The van der Waals surface area contributed by atoms with Gasteiger partial charge >= 0.3 is 0 Å². The van der Waals surface area contributed by atoms with Crippen molar-refractivity contribution in [1.82, 2.24) is 0 Å². The maximum atomic E-state index is 6.24. The first-order valence-corrected chi connectivity index (χ1v) is 11.5. The Hall–Kier alpha value is -3.34. The fourth-order valence-corrected chi connectivity index (χ4v) is 4.06. The normalized spacial score (nSPS) is 10.7. The van der Waals surface area contributed by atoms with Gasteiger partial charge in [-0.25, -0.2) is 0 Å². The molecular formula is C27H26Cl2N4. The van der Waals surface area contributed by atoms with Crippen LogP contribution in [0.3, 0.4) is 0 Å². The first-order chi connectivity index (χ1) is 16.0. The quantitative estimate of drug-likeness (QED) is 0.195. The van der Waals surface area contributed by atoms with Gasteiger partial charge in [-0.15, -0.1) is 0 Å². The highest BCUT2D eigenvalue weighted by Gasteiger charge is 2.04. The SMILES string of the molecule is Nc1ccc(Nc2ccc(CCCc3ccc(Nc4ccc(N)cc4Cl)cc3)cc2)c(Cl)c1. The molecule has 4 nitrogen and oxygen atoms in total. The summed E-state index contributed by atoms with van der Waals surface area (Å²) in [6.07, 6.45) is 3.11. The van der Waals surface area contributed by atoms with Crippen LogP contribution in [0.4, 0.5) is 34.1 Å². The van der Waals surface area contributed by atoms with E-state index in [1.807, 2.05) is 24.3 Å². The Balaban J connectivity index is 1.26. The summed E-state index contributed by atoms with van der Waals surface area (Å²) in [4.78, 5) is 0. The number of nitrogen functional groups attached to an aromatic ring is 2. The minimum atomic E-state index is 0.608. The van der Waals surface area contributed by atoms with Gasteiger partial charge in [-0.2, -0.15) is 0 Å². The third-order valence-electron chi connectivity index (χ3n) is 5.38. The van der Waals surface area contributed by atoms with Gasteiger partial charge in [-0.1, -0.05) is 47.5 Å². The average molecular weight is 477 g/mol. The Morgan fingerprint density at radius 1 is 0.545 bits per heavy atom. The van der Waals surface area contributed by atoms with Crippen LogP contribution in [0, 0.1) is 0 Å². The van der Waals surface area contributed by atoms with E-state index in [4.69, 9.17) is 34.7 Å². The zero-order valence-electron chi connectivity index (χ0n) is 18.1. The number of hydrogen-bond donors (Lipinski definition) is 4. The number of aryl methyl sites for hydroxylation is 2. The van der Waals surface area contributed by atoms with Crippen molar-refractivity contribution in [2.45, 2.75) is 19.3 Å². The second-order valence-electron chi connectivity index (χ2n) is 7.98. The van der Waals surface area contributed by atoms with Gasteiger partial charge in [0.1, 0.15) is 0 Å². The number of hydrogen-bond acceptors (Lipinski definition) is 4. The van der Waals surface area contributed by atoms with Crippen LogP contribution in [-0.2, 0) is 12.8 Å². The zero-order chi connectivity index (χ0) is 23.2. The van der Waals surface area contributed by atoms with Crippen LogP contribution in [0.25, 0.3) is 0 Å². The van der Waals surface area contributed by atoms with Gasteiger partial charge in [-0.3, -0.25) is 0 Å². The first kappa shape index (κ1) is 22.8. The molecule has 0 aliphatic carbocycles. The van der Waals surface area contributed by atoms with E-state index < -0.39 is 0 Å². The largest absolute Gasteiger partial charge is 0.399 e. The fraction of sp³-hybridized carbons (Fsp3) is 0.111. The second kappa shape index (κ2) is 10.5. The van der Waals surface area contributed by atoms with Crippen molar-refractivity contribution >= 4 is 57.3 Å². The van der Waals surface area contributed by atoms with E-state index in [1.165, 1.54) is 11.1 Å². The molecule has 0 atom stereocenters. The highest BCUT2D eigenvalue weighted by atomic mass is 35.5. The van der Waals surface area contributed by atoms with Crippen molar-refractivity contribution in [2.24, 2.45) is 0 Å². The van der Waals surface area contributed by atoms with Crippen LogP contribution in [0.15, 0.2) is 84.9 Å². The fourth-order valence-electron chi connectivity index (χ4n) is 3.58. The van der Waals surface area contributed by atoms with Crippen LogP contribution >= 0.6 is 23.2 Å². The maximum absolute atomic E-state index is 6.24. The highest BCUT2D eigenvalue weighted by molar-refractivity contribution is 6.34. The van der Waals surface area contributed by atoms with Crippen LogP contribution in [-0.4, -0.2) is 0 Å². The molecule has 0 spiro atoms. The molecule has 4 rings (SSSR count). The van der Waals surface area contributed by atoms with Gasteiger partial charge in [0.2, 0.25) is 0 Å². The van der Waals surface area contributed by atoms with E-state index in [0.717, 1.165) is 42.0 Å². The molecule has 0 aliphatic heterocycles. The maximum Gasteiger partial charge on any atom is 0.0661 e. The molecular weight excluding hydrogens is 451 g/mol. The van der Waals surface area contributed by atoms with E-state index in [0.29, 0.717) is 21.4 Å². The van der Waals surface area contributed by atoms with Crippen LogP contribution in [0.2, 0.25) is 10.0 Å². The lowest BCUT2D eigenvalue weighted by atomic mass is 10.0. The Kier molecular flexibility index (Phi) is 7.28. The lowest BCUT2D eigenvalue weighted by Crippen LogP contribution is -1.95. The molecule has 0 aromatic heterocycles. The minimum Gasteiger partial charge on any atom is -0.399 e. The van der Waals surface area contributed by atoms with Crippen molar-refractivity contribution in [3.63, 3.8) is 0 Å². The molecule has 4 aromatic rings. The molecule has 0 saturated carbocycles. The summed E-state index contributed by atoms with van der Waals surface area (Å²) in [5.74, 6) is 0. The molecule has 0 radical (unpaired) electrons. The molecule has 33 heavy (non-hydrogen) atoms. The van der Waals surface area contributed by atoms with E-state index in [-0.39, 0.29) is 0 Å². The molecule has 0 heterocycles. The summed E-state index contributed by atoms with van der Waals surface area (Å²) < 4.78 is 0. The average Bonchev–Trinajstić information content (AvgIpc) is 2.80. The predicted octanol–water partition coefficient (Wildman–Crippen LogP) is 7.82. The summed E-state index contributed by atoms with van der Waals surface area (Å²) in [5.41, 5.74) is 19.1. The monoisotopic (exact) mass is 476 g/mol. The Labute approximate surface area is 204 Å². The van der Waals surface area contributed by atoms with E-state index in [2.05, 4.69) is 59.2 Å². The summed E-state index contributed by atoms with van der Waals surface area (Å²) in [5, 5.41) is 7.88. The molecule has 0 aliphatic rings. The third-order valence-corrected chi connectivity index (χ3v) is 6.01. The predicted molar refractivity (Wildman–Crippen MR) is 143 cm³/mol.